The Kier molecular flexibility index (Phi) is 5.22. The molecule has 1 amide bonds. The molecule has 0 heterocycles. The van der Waals surface area contributed by atoms with Gasteiger partial charge in [0.2, 0.25) is 0 Å². The van der Waals surface area contributed by atoms with Crippen LogP contribution in [0, 0.1) is 5.82 Å². The van der Waals surface area contributed by atoms with Crippen LogP contribution in [0.3, 0.4) is 0 Å². The summed E-state index contributed by atoms with van der Waals surface area (Å²) in [4.78, 5) is 13.1. The maximum atomic E-state index is 13.1. The van der Waals surface area contributed by atoms with Crippen LogP contribution in [-0.4, -0.2) is 23.2 Å². The molecular weight excluding hydrogens is 282 g/mol. The van der Waals surface area contributed by atoms with Gasteiger partial charge in [-0.1, -0.05) is 0 Å². The molecule has 2 nitrogen and oxygen atoms in total. The number of alkyl halides is 3. The van der Waals surface area contributed by atoms with Gasteiger partial charge in [-0.2, -0.15) is 13.2 Å². The van der Waals surface area contributed by atoms with Crippen LogP contribution in [0.4, 0.5) is 22.4 Å². The summed E-state index contributed by atoms with van der Waals surface area (Å²) >= 11 is 0.592. The first-order chi connectivity index (χ1) is 8.77. The number of nitrogens with zero attached hydrogens (tertiary/aromatic N) is 1. The van der Waals surface area contributed by atoms with Crippen molar-refractivity contribution in [1.82, 2.24) is 4.90 Å². The minimum atomic E-state index is -4.63. The van der Waals surface area contributed by atoms with Gasteiger partial charge < -0.3 is 4.90 Å². The molecule has 0 unspecified atom stereocenters. The van der Waals surface area contributed by atoms with E-state index in [4.69, 9.17) is 0 Å². The molecule has 0 radical (unpaired) electrons. The number of carbonyl (C=O) groups is 1. The molecular formula is C12H13F4NOS. The highest BCUT2D eigenvalue weighted by Gasteiger charge is 2.31. The summed E-state index contributed by atoms with van der Waals surface area (Å²) in [6.07, 6.45) is -4.63. The zero-order valence-corrected chi connectivity index (χ0v) is 11.2. The van der Waals surface area contributed by atoms with Crippen molar-refractivity contribution in [1.29, 1.82) is 0 Å². The van der Waals surface area contributed by atoms with E-state index < -0.39 is 22.8 Å². The average Bonchev–Trinajstić information content (AvgIpc) is 2.28. The van der Waals surface area contributed by atoms with E-state index in [1.54, 1.807) is 13.8 Å². The van der Waals surface area contributed by atoms with Gasteiger partial charge in [0.15, 0.2) is 0 Å². The predicted molar refractivity (Wildman–Crippen MR) is 65.6 cm³/mol. The van der Waals surface area contributed by atoms with Crippen molar-refractivity contribution >= 4 is 17.0 Å². The topological polar surface area (TPSA) is 20.3 Å². The maximum Gasteiger partial charge on any atom is 0.416 e. The maximum absolute atomic E-state index is 13.1. The summed E-state index contributed by atoms with van der Waals surface area (Å²) in [6, 6.07) is 2.10. The fourth-order valence-electron chi connectivity index (χ4n) is 1.43. The summed E-state index contributed by atoms with van der Waals surface area (Å²) in [5, 5.41) is -0.399. The van der Waals surface area contributed by atoms with Crippen LogP contribution in [0.15, 0.2) is 23.1 Å². The van der Waals surface area contributed by atoms with E-state index in [0.717, 1.165) is 12.1 Å². The SMILES string of the molecule is CCN(CC)C(=O)Sc1cc(F)cc(C(F)(F)F)c1. The van der Waals surface area contributed by atoms with E-state index in [9.17, 15) is 22.4 Å². The van der Waals surface area contributed by atoms with E-state index in [1.165, 1.54) is 4.90 Å². The fourth-order valence-corrected chi connectivity index (χ4v) is 2.38. The Morgan fingerprint density at radius 2 is 1.79 bits per heavy atom. The lowest BCUT2D eigenvalue weighted by Gasteiger charge is -2.18. The second kappa shape index (κ2) is 6.27. The lowest BCUT2D eigenvalue weighted by molar-refractivity contribution is -0.137. The molecule has 1 aromatic carbocycles. The van der Waals surface area contributed by atoms with Crippen LogP contribution >= 0.6 is 11.8 Å². The molecule has 19 heavy (non-hydrogen) atoms. The molecule has 0 aliphatic rings. The number of halogens is 4. The molecule has 0 aliphatic carbocycles. The first-order valence-corrected chi connectivity index (χ1v) is 6.44. The summed E-state index contributed by atoms with van der Waals surface area (Å²) in [5.74, 6) is -1.01. The number of rotatable bonds is 3. The van der Waals surface area contributed by atoms with Gasteiger partial charge in [-0.05, 0) is 43.8 Å². The van der Waals surface area contributed by atoms with Crippen LogP contribution in [0.1, 0.15) is 19.4 Å². The van der Waals surface area contributed by atoms with Crippen LogP contribution in [0.2, 0.25) is 0 Å². The fraction of sp³-hybridized carbons (Fsp3) is 0.417. The molecule has 0 bridgehead atoms. The number of amides is 1. The van der Waals surface area contributed by atoms with E-state index >= 15 is 0 Å². The summed E-state index contributed by atoms with van der Waals surface area (Å²) in [5.41, 5.74) is -1.10. The Balaban J connectivity index is 2.96. The first-order valence-electron chi connectivity index (χ1n) is 5.62. The van der Waals surface area contributed by atoms with E-state index in [2.05, 4.69) is 0 Å². The predicted octanol–water partition coefficient (Wildman–Crippen LogP) is 4.40. The van der Waals surface area contributed by atoms with Gasteiger partial charge in [0.25, 0.3) is 5.24 Å². The second-order valence-corrected chi connectivity index (χ2v) is 4.74. The quantitative estimate of drug-likeness (QED) is 0.608. The molecule has 0 aromatic heterocycles. The molecule has 0 atom stereocenters. The average molecular weight is 295 g/mol. The number of benzene rings is 1. The minimum Gasteiger partial charge on any atom is -0.334 e. The van der Waals surface area contributed by atoms with Crippen molar-refractivity contribution in [3.63, 3.8) is 0 Å². The first kappa shape index (κ1) is 15.8. The van der Waals surface area contributed by atoms with Crippen LogP contribution in [-0.2, 0) is 6.18 Å². The van der Waals surface area contributed by atoms with Crippen LogP contribution < -0.4 is 0 Å². The zero-order valence-electron chi connectivity index (χ0n) is 10.4. The highest BCUT2D eigenvalue weighted by molar-refractivity contribution is 8.13. The van der Waals surface area contributed by atoms with Gasteiger partial charge in [0, 0.05) is 18.0 Å². The second-order valence-electron chi connectivity index (χ2n) is 3.71. The Hall–Kier alpha value is -1.24. The van der Waals surface area contributed by atoms with E-state index in [-0.39, 0.29) is 4.90 Å². The molecule has 0 N–H and O–H groups in total. The Morgan fingerprint density at radius 3 is 2.26 bits per heavy atom. The molecule has 1 aromatic rings. The smallest absolute Gasteiger partial charge is 0.334 e. The lowest BCUT2D eigenvalue weighted by Crippen LogP contribution is -2.26. The third-order valence-electron chi connectivity index (χ3n) is 2.43. The van der Waals surface area contributed by atoms with Gasteiger partial charge in [-0.25, -0.2) is 4.39 Å². The van der Waals surface area contributed by atoms with E-state index in [1.807, 2.05) is 0 Å². The van der Waals surface area contributed by atoms with E-state index in [0.29, 0.717) is 30.9 Å². The number of hydrogen-bond donors (Lipinski definition) is 0. The van der Waals surface area contributed by atoms with Crippen molar-refractivity contribution in [3.05, 3.63) is 29.6 Å². The van der Waals surface area contributed by atoms with Gasteiger partial charge in [-0.15, -0.1) is 0 Å². The van der Waals surface area contributed by atoms with Crippen LogP contribution in [0.25, 0.3) is 0 Å². The summed E-state index contributed by atoms with van der Waals surface area (Å²) < 4.78 is 50.6. The van der Waals surface area contributed by atoms with Gasteiger partial charge >= 0.3 is 6.18 Å². The minimum absolute atomic E-state index is 0.0516. The summed E-state index contributed by atoms with van der Waals surface area (Å²) in [6.45, 7) is 4.41. The Bertz CT molecular complexity index is 458. The molecule has 0 saturated carbocycles. The molecule has 0 fully saturated rings. The van der Waals surface area contributed by atoms with Crippen molar-refractivity contribution in [2.75, 3.05) is 13.1 Å². The van der Waals surface area contributed by atoms with Gasteiger partial charge in [0.1, 0.15) is 5.82 Å². The largest absolute Gasteiger partial charge is 0.416 e. The molecule has 106 valence electrons. The van der Waals surface area contributed by atoms with Crippen LogP contribution in [0.5, 0.6) is 0 Å². The van der Waals surface area contributed by atoms with Crippen molar-refractivity contribution in [3.8, 4) is 0 Å². The summed E-state index contributed by atoms with van der Waals surface area (Å²) in [7, 11) is 0. The van der Waals surface area contributed by atoms with Gasteiger partial charge in [-0.3, -0.25) is 4.79 Å². The Morgan fingerprint density at radius 1 is 1.21 bits per heavy atom. The van der Waals surface area contributed by atoms with Crippen molar-refractivity contribution in [2.45, 2.75) is 24.9 Å². The number of hydrogen-bond acceptors (Lipinski definition) is 2. The Labute approximate surface area is 112 Å². The third kappa shape index (κ3) is 4.41. The monoisotopic (exact) mass is 295 g/mol. The standard InChI is InChI=1S/C12H13F4NOS/c1-3-17(4-2)11(18)19-10-6-8(12(14,15)16)5-9(13)7-10/h5-7H,3-4H2,1-2H3. The highest BCUT2D eigenvalue weighted by atomic mass is 32.2. The zero-order chi connectivity index (χ0) is 14.6. The van der Waals surface area contributed by atoms with Crippen molar-refractivity contribution < 1.29 is 22.4 Å². The number of carbonyl (C=O) groups excluding carboxylic acids is 1. The molecule has 0 spiro atoms. The highest BCUT2D eigenvalue weighted by Crippen LogP contribution is 2.33. The molecule has 7 heteroatoms. The molecule has 1 rings (SSSR count). The molecule has 0 aliphatic heterocycles. The molecule has 0 saturated heterocycles. The van der Waals surface area contributed by atoms with Crippen molar-refractivity contribution in [2.24, 2.45) is 0 Å². The van der Waals surface area contributed by atoms with Gasteiger partial charge in [0.05, 0.1) is 5.56 Å². The number of thioether (sulfide) groups is 1. The lowest BCUT2D eigenvalue weighted by atomic mass is 10.2. The third-order valence-corrected chi connectivity index (χ3v) is 3.33. The normalized spacial score (nSPS) is 11.5.